The average molecular weight is 467 g/mol. The summed E-state index contributed by atoms with van der Waals surface area (Å²) in [5, 5.41) is 5.63. The first-order valence-electron chi connectivity index (χ1n) is 11.7. The third-order valence-corrected chi connectivity index (χ3v) is 6.26. The topological polar surface area (TPSA) is 91.0 Å². The minimum absolute atomic E-state index is 0.159. The van der Waals surface area contributed by atoms with E-state index >= 15 is 0 Å². The van der Waals surface area contributed by atoms with Crippen molar-refractivity contribution in [3.05, 3.63) is 54.1 Å². The van der Waals surface area contributed by atoms with Crippen LogP contribution < -0.4 is 20.3 Å². The van der Waals surface area contributed by atoms with Crippen molar-refractivity contribution in [1.29, 1.82) is 0 Å². The van der Waals surface area contributed by atoms with Crippen molar-refractivity contribution in [3.8, 4) is 5.75 Å². The van der Waals surface area contributed by atoms with Gasteiger partial charge in [-0.15, -0.1) is 0 Å². The number of anilines is 2. The highest BCUT2D eigenvalue weighted by Gasteiger charge is 2.25. The van der Waals surface area contributed by atoms with E-state index in [0.717, 1.165) is 25.9 Å². The summed E-state index contributed by atoms with van der Waals surface area (Å²) in [7, 11) is 1.56. The monoisotopic (exact) mass is 466 g/mol. The lowest BCUT2D eigenvalue weighted by molar-refractivity contribution is -0.120. The Kier molecular flexibility index (Phi) is 9.04. The summed E-state index contributed by atoms with van der Waals surface area (Å²) in [4.78, 5) is 41.3. The van der Waals surface area contributed by atoms with Gasteiger partial charge in [0.25, 0.3) is 5.91 Å². The standard InChI is InChI=1S/C26H34N4O4/c1-19(2)29-14-12-20(13-15-29)16-27-25(32)17-30(24-7-5-4-6-23(24)28-18-31)26(33)21-8-10-22(34-3)11-9-21/h4-11,18-20H,12-17H2,1-3H3,(H,27,32)(H,28,31). The molecule has 2 aromatic carbocycles. The van der Waals surface area contributed by atoms with Crippen LogP contribution in [0, 0.1) is 5.92 Å². The molecule has 2 aromatic rings. The molecule has 1 saturated heterocycles. The molecule has 0 spiro atoms. The number of benzene rings is 2. The lowest BCUT2D eigenvalue weighted by Gasteiger charge is -2.34. The van der Waals surface area contributed by atoms with Crippen molar-refractivity contribution in [2.24, 2.45) is 5.92 Å². The maximum absolute atomic E-state index is 13.4. The number of piperidine rings is 1. The van der Waals surface area contributed by atoms with Gasteiger partial charge in [0, 0.05) is 18.2 Å². The molecule has 2 N–H and O–H groups in total. The molecule has 0 aromatic heterocycles. The number of rotatable bonds is 10. The zero-order chi connectivity index (χ0) is 24.5. The van der Waals surface area contributed by atoms with Gasteiger partial charge in [0.1, 0.15) is 12.3 Å². The molecule has 0 atom stereocenters. The van der Waals surface area contributed by atoms with Crippen LogP contribution >= 0.6 is 0 Å². The maximum Gasteiger partial charge on any atom is 0.258 e. The van der Waals surface area contributed by atoms with E-state index in [2.05, 4.69) is 29.4 Å². The van der Waals surface area contributed by atoms with Crippen LogP contribution in [0.3, 0.4) is 0 Å². The van der Waals surface area contributed by atoms with Gasteiger partial charge >= 0.3 is 0 Å². The first kappa shape index (κ1) is 25.2. The molecule has 8 nitrogen and oxygen atoms in total. The summed E-state index contributed by atoms with van der Waals surface area (Å²) < 4.78 is 5.18. The van der Waals surface area contributed by atoms with Crippen LogP contribution in [-0.4, -0.2) is 62.5 Å². The molecular formula is C26H34N4O4. The van der Waals surface area contributed by atoms with Crippen LogP contribution in [0.5, 0.6) is 5.75 Å². The predicted octanol–water partition coefficient (Wildman–Crippen LogP) is 3.15. The van der Waals surface area contributed by atoms with Crippen molar-refractivity contribution in [2.45, 2.75) is 32.7 Å². The van der Waals surface area contributed by atoms with Gasteiger partial charge in [0.15, 0.2) is 0 Å². The second-order valence-corrected chi connectivity index (χ2v) is 8.78. The molecule has 1 aliphatic rings. The van der Waals surface area contributed by atoms with Crippen LogP contribution in [0.25, 0.3) is 0 Å². The molecule has 8 heteroatoms. The highest BCUT2D eigenvalue weighted by molar-refractivity contribution is 6.10. The summed E-state index contributed by atoms with van der Waals surface area (Å²) in [6, 6.07) is 14.2. The lowest BCUT2D eigenvalue weighted by Crippen LogP contribution is -2.44. The third-order valence-electron chi connectivity index (χ3n) is 6.26. The number of methoxy groups -OCH3 is 1. The van der Waals surface area contributed by atoms with Crippen molar-refractivity contribution >= 4 is 29.6 Å². The molecule has 182 valence electrons. The number of hydrogen-bond acceptors (Lipinski definition) is 5. The number of carbonyl (C=O) groups is 3. The van der Waals surface area contributed by atoms with Crippen molar-refractivity contribution in [3.63, 3.8) is 0 Å². The molecule has 1 fully saturated rings. The molecule has 0 bridgehead atoms. The number of amides is 3. The Morgan fingerprint density at radius 3 is 2.41 bits per heavy atom. The predicted molar refractivity (Wildman–Crippen MR) is 133 cm³/mol. The normalized spacial score (nSPS) is 14.5. The third kappa shape index (κ3) is 6.57. The van der Waals surface area contributed by atoms with E-state index in [1.54, 1.807) is 55.6 Å². The summed E-state index contributed by atoms with van der Waals surface area (Å²) in [5.74, 6) is 0.471. The van der Waals surface area contributed by atoms with Crippen LogP contribution in [0.2, 0.25) is 0 Å². The fraction of sp³-hybridized carbons (Fsp3) is 0.423. The fourth-order valence-corrected chi connectivity index (χ4v) is 4.18. The van der Waals surface area contributed by atoms with Gasteiger partial charge in [-0.2, -0.15) is 0 Å². The SMILES string of the molecule is COc1ccc(C(=O)N(CC(=O)NCC2CCN(C(C)C)CC2)c2ccccc2NC=O)cc1. The summed E-state index contributed by atoms with van der Waals surface area (Å²) in [6.45, 7) is 6.90. The van der Waals surface area contributed by atoms with E-state index < -0.39 is 0 Å². The second kappa shape index (κ2) is 12.2. The minimum atomic E-state index is -0.344. The number of hydrogen-bond donors (Lipinski definition) is 2. The Balaban J connectivity index is 1.73. The number of nitrogens with zero attached hydrogens (tertiary/aromatic N) is 2. The Morgan fingerprint density at radius 2 is 1.79 bits per heavy atom. The van der Waals surface area contributed by atoms with E-state index in [9.17, 15) is 14.4 Å². The number of nitrogens with one attached hydrogen (secondary N) is 2. The summed E-state index contributed by atoms with van der Waals surface area (Å²) in [5.41, 5.74) is 1.32. The summed E-state index contributed by atoms with van der Waals surface area (Å²) >= 11 is 0. The molecule has 1 heterocycles. The second-order valence-electron chi connectivity index (χ2n) is 8.78. The van der Waals surface area contributed by atoms with Gasteiger partial charge < -0.3 is 20.3 Å². The molecule has 34 heavy (non-hydrogen) atoms. The van der Waals surface area contributed by atoms with Gasteiger partial charge in [0.2, 0.25) is 12.3 Å². The number of carbonyl (C=O) groups excluding carboxylic acids is 3. The minimum Gasteiger partial charge on any atom is -0.497 e. The molecule has 3 rings (SSSR count). The molecule has 3 amide bonds. The van der Waals surface area contributed by atoms with Gasteiger partial charge in [-0.3, -0.25) is 19.3 Å². The van der Waals surface area contributed by atoms with Gasteiger partial charge in [0.05, 0.1) is 18.5 Å². The Bertz CT molecular complexity index is 969. The quantitative estimate of drug-likeness (QED) is 0.525. The molecule has 1 aliphatic heterocycles. The summed E-state index contributed by atoms with van der Waals surface area (Å²) in [6.07, 6.45) is 2.64. The van der Waals surface area contributed by atoms with Crippen LogP contribution in [0.15, 0.2) is 48.5 Å². The van der Waals surface area contributed by atoms with E-state index in [1.165, 1.54) is 4.90 Å². The van der Waals surface area contributed by atoms with Crippen LogP contribution in [0.4, 0.5) is 11.4 Å². The first-order valence-corrected chi connectivity index (χ1v) is 11.7. The highest BCUT2D eigenvalue weighted by Crippen LogP contribution is 2.27. The van der Waals surface area contributed by atoms with Gasteiger partial charge in [-0.05, 0) is 82.1 Å². The van der Waals surface area contributed by atoms with Crippen molar-refractivity contribution in [1.82, 2.24) is 10.2 Å². The fourth-order valence-electron chi connectivity index (χ4n) is 4.18. The molecule has 0 saturated carbocycles. The Morgan fingerprint density at radius 1 is 1.12 bits per heavy atom. The number of para-hydroxylation sites is 2. The van der Waals surface area contributed by atoms with Gasteiger partial charge in [-0.25, -0.2) is 0 Å². The smallest absolute Gasteiger partial charge is 0.258 e. The average Bonchev–Trinajstić information content (AvgIpc) is 2.86. The first-order chi connectivity index (χ1) is 16.4. The molecule has 0 radical (unpaired) electrons. The van der Waals surface area contributed by atoms with Gasteiger partial charge in [-0.1, -0.05) is 12.1 Å². The van der Waals surface area contributed by atoms with Crippen molar-refractivity contribution < 1.29 is 19.1 Å². The van der Waals surface area contributed by atoms with E-state index in [-0.39, 0.29) is 18.4 Å². The zero-order valence-corrected chi connectivity index (χ0v) is 20.1. The van der Waals surface area contributed by atoms with Crippen LogP contribution in [0.1, 0.15) is 37.0 Å². The molecular weight excluding hydrogens is 432 g/mol. The maximum atomic E-state index is 13.4. The zero-order valence-electron chi connectivity index (χ0n) is 20.1. The molecule has 0 unspecified atom stereocenters. The van der Waals surface area contributed by atoms with E-state index in [4.69, 9.17) is 4.74 Å². The number of likely N-dealkylation sites (tertiary alicyclic amines) is 1. The molecule has 0 aliphatic carbocycles. The lowest BCUT2D eigenvalue weighted by atomic mass is 9.96. The van der Waals surface area contributed by atoms with Crippen molar-refractivity contribution in [2.75, 3.05) is 43.5 Å². The van der Waals surface area contributed by atoms with E-state index in [0.29, 0.717) is 47.6 Å². The van der Waals surface area contributed by atoms with E-state index in [1.807, 2.05) is 0 Å². The Labute approximate surface area is 201 Å². The highest BCUT2D eigenvalue weighted by atomic mass is 16.5. The Hall–Kier alpha value is -3.39. The number of ether oxygens (including phenoxy) is 1. The largest absolute Gasteiger partial charge is 0.497 e. The van der Waals surface area contributed by atoms with Crippen LogP contribution in [-0.2, 0) is 9.59 Å².